The number of ether oxygens (including phenoxy) is 1. The average Bonchev–Trinajstić information content (AvgIpc) is 2.97. The van der Waals surface area contributed by atoms with E-state index in [-0.39, 0.29) is 17.5 Å². The quantitative estimate of drug-likeness (QED) is 0.894. The predicted octanol–water partition coefficient (Wildman–Crippen LogP) is 1.79. The summed E-state index contributed by atoms with van der Waals surface area (Å²) in [7, 11) is 1.31. The number of piperidine rings is 1. The van der Waals surface area contributed by atoms with E-state index in [1.807, 2.05) is 0 Å². The molecule has 1 unspecified atom stereocenters. The Hall–Kier alpha value is -2.59. The van der Waals surface area contributed by atoms with E-state index in [1.54, 1.807) is 4.90 Å². The van der Waals surface area contributed by atoms with Crippen LogP contribution in [0.25, 0.3) is 5.65 Å². The van der Waals surface area contributed by atoms with Crippen molar-refractivity contribution in [2.24, 2.45) is 0 Å². The van der Waals surface area contributed by atoms with E-state index >= 15 is 0 Å². The van der Waals surface area contributed by atoms with E-state index in [2.05, 4.69) is 25.3 Å². The van der Waals surface area contributed by atoms with Crippen LogP contribution in [0.5, 0.6) is 0 Å². The van der Waals surface area contributed by atoms with Crippen LogP contribution in [-0.2, 0) is 10.9 Å². The second-order valence-corrected chi connectivity index (χ2v) is 5.41. The minimum atomic E-state index is -4.64. The van der Waals surface area contributed by atoms with Crippen molar-refractivity contribution in [3.63, 3.8) is 0 Å². The monoisotopic (exact) mass is 344 g/mol. The number of hydrogen-bond donors (Lipinski definition) is 1. The molecular formula is C13H15F3N6O2. The molecule has 0 bridgehead atoms. The largest absolute Gasteiger partial charge is 0.453 e. The molecule has 0 radical (unpaired) electrons. The lowest BCUT2D eigenvalue weighted by molar-refractivity contribution is -0.146. The first kappa shape index (κ1) is 16.3. The Kier molecular flexibility index (Phi) is 4.16. The van der Waals surface area contributed by atoms with E-state index in [9.17, 15) is 18.0 Å². The van der Waals surface area contributed by atoms with Crippen molar-refractivity contribution in [3.05, 3.63) is 18.0 Å². The SMILES string of the molecule is COC(=O)N1CCCC(Nc2ccc3nnc(C(F)(F)F)n3n2)C1. The van der Waals surface area contributed by atoms with Gasteiger partial charge in [-0.1, -0.05) is 0 Å². The lowest BCUT2D eigenvalue weighted by atomic mass is 10.1. The highest BCUT2D eigenvalue weighted by molar-refractivity contribution is 5.67. The van der Waals surface area contributed by atoms with Crippen LogP contribution >= 0.6 is 0 Å². The summed E-state index contributed by atoms with van der Waals surface area (Å²) in [6.45, 7) is 0.974. The summed E-state index contributed by atoms with van der Waals surface area (Å²) >= 11 is 0. The molecule has 0 saturated carbocycles. The molecule has 2 aromatic heterocycles. The van der Waals surface area contributed by atoms with E-state index in [0.717, 1.165) is 12.8 Å². The number of rotatable bonds is 2. The zero-order chi connectivity index (χ0) is 17.3. The van der Waals surface area contributed by atoms with Gasteiger partial charge in [-0.15, -0.1) is 15.3 Å². The summed E-state index contributed by atoms with van der Waals surface area (Å²) in [5.74, 6) is -0.925. The third kappa shape index (κ3) is 3.19. The maximum Gasteiger partial charge on any atom is 0.453 e. The minimum Gasteiger partial charge on any atom is -0.453 e. The zero-order valence-electron chi connectivity index (χ0n) is 12.7. The predicted molar refractivity (Wildman–Crippen MR) is 76.4 cm³/mol. The number of likely N-dealkylation sites (tertiary alicyclic amines) is 1. The summed E-state index contributed by atoms with van der Waals surface area (Å²) < 4.78 is 44.0. The molecule has 1 fully saturated rings. The van der Waals surface area contributed by atoms with E-state index in [1.165, 1.54) is 19.2 Å². The van der Waals surface area contributed by atoms with Crippen molar-refractivity contribution in [1.29, 1.82) is 0 Å². The summed E-state index contributed by atoms with van der Waals surface area (Å²) in [5.41, 5.74) is 0.00714. The fourth-order valence-electron chi connectivity index (χ4n) is 2.64. The van der Waals surface area contributed by atoms with Gasteiger partial charge in [0.1, 0.15) is 5.82 Å². The van der Waals surface area contributed by atoms with Crippen molar-refractivity contribution in [1.82, 2.24) is 24.7 Å². The summed E-state index contributed by atoms with van der Waals surface area (Å²) in [4.78, 5) is 13.1. The Balaban J connectivity index is 1.79. The number of halogens is 3. The Morgan fingerprint density at radius 1 is 1.38 bits per heavy atom. The number of methoxy groups -OCH3 is 1. The molecule has 11 heteroatoms. The van der Waals surface area contributed by atoms with Crippen LogP contribution in [0, 0.1) is 0 Å². The van der Waals surface area contributed by atoms with Crippen LogP contribution in [-0.4, -0.2) is 57.0 Å². The molecule has 1 N–H and O–H groups in total. The third-order valence-corrected chi connectivity index (χ3v) is 3.72. The second-order valence-electron chi connectivity index (χ2n) is 5.41. The number of hydrogen-bond acceptors (Lipinski definition) is 6. The van der Waals surface area contributed by atoms with Gasteiger partial charge in [-0.2, -0.15) is 17.7 Å². The Labute approximate surface area is 134 Å². The van der Waals surface area contributed by atoms with Crippen molar-refractivity contribution in [3.8, 4) is 0 Å². The van der Waals surface area contributed by atoms with Gasteiger partial charge in [0.15, 0.2) is 5.65 Å². The fraction of sp³-hybridized carbons (Fsp3) is 0.538. The number of nitrogens with zero attached hydrogens (tertiary/aromatic N) is 5. The van der Waals surface area contributed by atoms with Gasteiger partial charge in [0.25, 0.3) is 5.82 Å². The van der Waals surface area contributed by atoms with E-state index in [0.29, 0.717) is 17.6 Å². The van der Waals surface area contributed by atoms with Crippen LogP contribution in [0.4, 0.5) is 23.8 Å². The standard InChI is InChI=1S/C13H15F3N6O2/c1-24-12(23)21-6-2-3-8(7-21)17-9-4-5-10-18-19-11(13(14,15)16)22(10)20-9/h4-5,8H,2-3,6-7H2,1H3,(H,17,20). The van der Waals surface area contributed by atoms with Gasteiger partial charge >= 0.3 is 12.3 Å². The molecule has 3 heterocycles. The number of fused-ring (bicyclic) bond motifs is 1. The number of carbonyl (C=O) groups excluding carboxylic acids is 1. The molecule has 3 rings (SSSR count). The average molecular weight is 344 g/mol. The second kappa shape index (κ2) is 6.13. The topological polar surface area (TPSA) is 84.6 Å². The molecule has 1 saturated heterocycles. The molecule has 1 aliphatic heterocycles. The minimum absolute atomic E-state index is 0.00714. The maximum atomic E-state index is 12.9. The summed E-state index contributed by atoms with van der Waals surface area (Å²) in [5, 5.41) is 13.5. The molecule has 0 aliphatic carbocycles. The molecule has 130 valence electrons. The first-order valence-corrected chi connectivity index (χ1v) is 7.27. The summed E-state index contributed by atoms with van der Waals surface area (Å²) in [6.07, 6.45) is -3.54. The molecule has 0 spiro atoms. The van der Waals surface area contributed by atoms with Gasteiger partial charge in [-0.3, -0.25) is 0 Å². The lowest BCUT2D eigenvalue weighted by Crippen LogP contribution is -2.45. The van der Waals surface area contributed by atoms with Crippen LogP contribution < -0.4 is 5.32 Å². The molecule has 0 aromatic carbocycles. The fourth-order valence-corrected chi connectivity index (χ4v) is 2.64. The lowest BCUT2D eigenvalue weighted by Gasteiger charge is -2.32. The first-order chi connectivity index (χ1) is 11.4. The molecule has 1 atom stereocenters. The maximum absolute atomic E-state index is 12.9. The number of alkyl halides is 3. The van der Waals surface area contributed by atoms with Gasteiger partial charge in [0.2, 0.25) is 0 Å². The first-order valence-electron chi connectivity index (χ1n) is 7.27. The highest BCUT2D eigenvalue weighted by Crippen LogP contribution is 2.27. The zero-order valence-corrected chi connectivity index (χ0v) is 12.7. The van der Waals surface area contributed by atoms with Crippen LogP contribution in [0.15, 0.2) is 12.1 Å². The van der Waals surface area contributed by atoms with Gasteiger partial charge in [0.05, 0.1) is 7.11 Å². The van der Waals surface area contributed by atoms with Crippen LogP contribution in [0.3, 0.4) is 0 Å². The Morgan fingerprint density at radius 3 is 2.88 bits per heavy atom. The molecular weight excluding hydrogens is 329 g/mol. The molecule has 2 aromatic rings. The van der Waals surface area contributed by atoms with Gasteiger partial charge < -0.3 is 15.0 Å². The van der Waals surface area contributed by atoms with Crippen molar-refractivity contribution >= 4 is 17.6 Å². The Bertz CT molecular complexity index is 747. The number of anilines is 1. The number of amides is 1. The number of nitrogens with one attached hydrogen (secondary N) is 1. The normalized spacial score (nSPS) is 18.7. The third-order valence-electron chi connectivity index (χ3n) is 3.72. The van der Waals surface area contributed by atoms with Crippen molar-refractivity contribution < 1.29 is 22.7 Å². The smallest absolute Gasteiger partial charge is 0.453 e. The summed E-state index contributed by atoms with van der Waals surface area (Å²) in [6, 6.07) is 2.80. The number of aromatic nitrogens is 4. The van der Waals surface area contributed by atoms with Gasteiger partial charge in [0, 0.05) is 19.1 Å². The molecule has 24 heavy (non-hydrogen) atoms. The van der Waals surface area contributed by atoms with Gasteiger partial charge in [-0.05, 0) is 25.0 Å². The van der Waals surface area contributed by atoms with E-state index in [4.69, 9.17) is 0 Å². The van der Waals surface area contributed by atoms with E-state index < -0.39 is 18.1 Å². The molecule has 1 amide bonds. The molecule has 1 aliphatic rings. The number of carbonyl (C=O) groups is 1. The Morgan fingerprint density at radius 2 is 2.17 bits per heavy atom. The van der Waals surface area contributed by atoms with Crippen molar-refractivity contribution in [2.75, 3.05) is 25.5 Å². The van der Waals surface area contributed by atoms with Crippen LogP contribution in [0.1, 0.15) is 18.7 Å². The van der Waals surface area contributed by atoms with Gasteiger partial charge in [-0.25, -0.2) is 4.79 Å². The highest BCUT2D eigenvalue weighted by Gasteiger charge is 2.37. The molecule has 8 nitrogen and oxygen atoms in total. The van der Waals surface area contributed by atoms with Crippen LogP contribution in [0.2, 0.25) is 0 Å². The van der Waals surface area contributed by atoms with Crippen molar-refractivity contribution in [2.45, 2.75) is 25.1 Å². The highest BCUT2D eigenvalue weighted by atomic mass is 19.4.